The number of anilines is 2. The van der Waals surface area contributed by atoms with Gasteiger partial charge in [0.05, 0.1) is 12.7 Å². The van der Waals surface area contributed by atoms with Crippen molar-refractivity contribution in [3.8, 4) is 11.3 Å². The lowest BCUT2D eigenvalue weighted by molar-refractivity contribution is -0.117. The van der Waals surface area contributed by atoms with Crippen molar-refractivity contribution in [3.63, 3.8) is 0 Å². The molecular weight excluding hydrogens is 392 g/mol. The molecule has 0 radical (unpaired) electrons. The number of nitrogens with zero attached hydrogens (tertiary/aromatic N) is 6. The largest absolute Gasteiger partial charge is 0.324 e. The third-order valence-corrected chi connectivity index (χ3v) is 4.33. The fraction of sp³-hybridized carbons (Fsp3) is 0.200. The Labute approximate surface area is 170 Å². The molecule has 4 rings (SSSR count). The maximum absolute atomic E-state index is 12.9. The number of dihydropyridines is 1. The molecule has 1 N–H and O–H groups in total. The van der Waals surface area contributed by atoms with E-state index in [0.29, 0.717) is 17.9 Å². The molecule has 3 aromatic rings. The van der Waals surface area contributed by atoms with Crippen molar-refractivity contribution in [2.24, 2.45) is 4.99 Å². The van der Waals surface area contributed by atoms with Gasteiger partial charge in [-0.15, -0.1) is 5.10 Å². The van der Waals surface area contributed by atoms with Crippen LogP contribution in [0.1, 0.15) is 24.1 Å². The van der Waals surface area contributed by atoms with E-state index in [-0.39, 0.29) is 24.0 Å². The molecular formula is C20H17F2N7O. The number of allylic oxidation sites excluding steroid dienone is 1. The molecule has 0 unspecified atom stereocenters. The molecule has 1 amide bonds. The fourth-order valence-electron chi connectivity index (χ4n) is 2.97. The first-order valence-corrected chi connectivity index (χ1v) is 9.12. The summed E-state index contributed by atoms with van der Waals surface area (Å²) in [6, 6.07) is 6.79. The minimum atomic E-state index is -2.67. The predicted octanol–water partition coefficient (Wildman–Crippen LogP) is 3.65. The second-order valence-corrected chi connectivity index (χ2v) is 6.75. The number of halogens is 2. The number of aromatic nitrogens is 5. The Morgan fingerprint density at radius 2 is 2.13 bits per heavy atom. The molecule has 3 heterocycles. The van der Waals surface area contributed by atoms with Gasteiger partial charge in [0, 0.05) is 30.1 Å². The first-order chi connectivity index (χ1) is 14.5. The van der Waals surface area contributed by atoms with Gasteiger partial charge in [0.25, 0.3) is 6.43 Å². The topological polar surface area (TPSA) is 98.0 Å². The standard InChI is InChI=1S/C20H17F2N7O/c1-12-6-14(8-15(7-12)25-20-23-5-4-16(26-20)19(21)22)17-11-29(28-27-17)10-13-2-3-18(30)24-9-13/h2,4-9,11,19H,3,10H2,1H3,(H,23,25,26). The van der Waals surface area contributed by atoms with Crippen LogP contribution in [0, 0.1) is 6.92 Å². The van der Waals surface area contributed by atoms with Crippen LogP contribution < -0.4 is 5.32 Å². The number of carbonyl (C=O) groups excluding carboxylic acids is 1. The van der Waals surface area contributed by atoms with Gasteiger partial charge >= 0.3 is 0 Å². The lowest BCUT2D eigenvalue weighted by Gasteiger charge is -2.09. The second-order valence-electron chi connectivity index (χ2n) is 6.75. The monoisotopic (exact) mass is 409 g/mol. The Kier molecular flexibility index (Phi) is 5.38. The number of hydrogen-bond donors (Lipinski definition) is 1. The lowest BCUT2D eigenvalue weighted by Crippen LogP contribution is -2.08. The highest BCUT2D eigenvalue weighted by molar-refractivity contribution is 5.95. The van der Waals surface area contributed by atoms with Gasteiger partial charge in [-0.05, 0) is 42.3 Å². The third-order valence-electron chi connectivity index (χ3n) is 4.33. The zero-order valence-corrected chi connectivity index (χ0v) is 16.0. The van der Waals surface area contributed by atoms with Crippen LogP contribution in [0.4, 0.5) is 20.4 Å². The van der Waals surface area contributed by atoms with Crippen LogP contribution in [0.15, 0.2) is 53.3 Å². The number of amides is 1. The van der Waals surface area contributed by atoms with E-state index >= 15 is 0 Å². The van der Waals surface area contributed by atoms with Crippen LogP contribution in [-0.2, 0) is 11.3 Å². The molecule has 0 aliphatic carbocycles. The molecule has 0 bridgehead atoms. The number of alkyl halides is 2. The van der Waals surface area contributed by atoms with E-state index < -0.39 is 6.43 Å². The fourth-order valence-corrected chi connectivity index (χ4v) is 2.97. The van der Waals surface area contributed by atoms with Crippen molar-refractivity contribution in [3.05, 3.63) is 59.6 Å². The molecule has 30 heavy (non-hydrogen) atoms. The summed E-state index contributed by atoms with van der Waals surface area (Å²) in [5.41, 5.74) is 3.57. The third kappa shape index (κ3) is 4.59. The summed E-state index contributed by atoms with van der Waals surface area (Å²) in [5, 5.41) is 11.3. The Morgan fingerprint density at radius 3 is 2.90 bits per heavy atom. The SMILES string of the molecule is Cc1cc(Nc2nccc(C(F)F)n2)cc(-c2cn(CC3=CCC(=O)N=C3)nn2)c1. The van der Waals surface area contributed by atoms with E-state index in [1.54, 1.807) is 10.9 Å². The van der Waals surface area contributed by atoms with E-state index in [0.717, 1.165) is 16.7 Å². The van der Waals surface area contributed by atoms with Gasteiger partial charge in [0.15, 0.2) is 0 Å². The number of aryl methyl sites for hydroxylation is 1. The van der Waals surface area contributed by atoms with Crippen LogP contribution in [0.25, 0.3) is 11.3 Å². The number of nitrogens with one attached hydrogen (secondary N) is 1. The normalized spacial score (nSPS) is 13.6. The number of benzene rings is 1. The molecule has 1 aliphatic rings. The smallest absolute Gasteiger partial charge is 0.280 e. The van der Waals surface area contributed by atoms with Crippen molar-refractivity contribution in [2.45, 2.75) is 26.3 Å². The van der Waals surface area contributed by atoms with Crippen LogP contribution in [-0.4, -0.2) is 37.1 Å². The summed E-state index contributed by atoms with van der Waals surface area (Å²) in [5.74, 6) is -0.0769. The van der Waals surface area contributed by atoms with Gasteiger partial charge in [0.2, 0.25) is 11.9 Å². The molecule has 0 atom stereocenters. The van der Waals surface area contributed by atoms with Crippen molar-refractivity contribution in [1.82, 2.24) is 25.0 Å². The Bertz CT molecular complexity index is 1150. The second kappa shape index (κ2) is 8.27. The summed E-state index contributed by atoms with van der Waals surface area (Å²) in [6.07, 6.45) is 4.05. The average Bonchev–Trinajstić information content (AvgIpc) is 3.18. The van der Waals surface area contributed by atoms with Gasteiger partial charge in [-0.3, -0.25) is 4.79 Å². The quantitative estimate of drug-likeness (QED) is 0.667. The lowest BCUT2D eigenvalue weighted by atomic mass is 10.1. The Hall–Kier alpha value is -3.82. The molecule has 1 aliphatic heterocycles. The molecule has 10 heteroatoms. The van der Waals surface area contributed by atoms with E-state index in [1.165, 1.54) is 18.5 Å². The number of carbonyl (C=O) groups is 1. The van der Waals surface area contributed by atoms with E-state index in [9.17, 15) is 13.6 Å². The molecule has 0 saturated heterocycles. The van der Waals surface area contributed by atoms with E-state index in [4.69, 9.17) is 0 Å². The Morgan fingerprint density at radius 1 is 1.27 bits per heavy atom. The predicted molar refractivity (Wildman–Crippen MR) is 107 cm³/mol. The summed E-state index contributed by atoms with van der Waals surface area (Å²) in [4.78, 5) is 22.8. The van der Waals surface area contributed by atoms with Crippen molar-refractivity contribution in [2.75, 3.05) is 5.32 Å². The van der Waals surface area contributed by atoms with Gasteiger partial charge < -0.3 is 5.32 Å². The van der Waals surface area contributed by atoms with Crippen LogP contribution >= 0.6 is 0 Å². The molecule has 8 nitrogen and oxygen atoms in total. The molecule has 152 valence electrons. The molecule has 1 aromatic carbocycles. The minimum absolute atomic E-state index is 0.0890. The maximum atomic E-state index is 12.9. The van der Waals surface area contributed by atoms with Gasteiger partial charge in [0.1, 0.15) is 11.4 Å². The number of aliphatic imine (C=N–C) groups is 1. The molecule has 2 aromatic heterocycles. The molecule has 0 fully saturated rings. The van der Waals surface area contributed by atoms with Gasteiger partial charge in [-0.2, -0.15) is 0 Å². The van der Waals surface area contributed by atoms with Gasteiger partial charge in [-0.1, -0.05) is 11.3 Å². The van der Waals surface area contributed by atoms with Crippen molar-refractivity contribution < 1.29 is 13.6 Å². The Balaban J connectivity index is 1.54. The van der Waals surface area contributed by atoms with Crippen molar-refractivity contribution >= 4 is 23.8 Å². The summed E-state index contributed by atoms with van der Waals surface area (Å²) >= 11 is 0. The summed E-state index contributed by atoms with van der Waals surface area (Å²) in [7, 11) is 0. The van der Waals surface area contributed by atoms with Crippen LogP contribution in [0.3, 0.4) is 0 Å². The van der Waals surface area contributed by atoms with E-state index in [1.807, 2.05) is 31.2 Å². The first-order valence-electron chi connectivity index (χ1n) is 9.12. The summed E-state index contributed by atoms with van der Waals surface area (Å²) in [6.45, 7) is 2.37. The zero-order valence-electron chi connectivity index (χ0n) is 16.0. The zero-order chi connectivity index (χ0) is 21.1. The highest BCUT2D eigenvalue weighted by Gasteiger charge is 2.12. The maximum Gasteiger partial charge on any atom is 0.280 e. The average molecular weight is 409 g/mol. The number of hydrogen-bond acceptors (Lipinski definition) is 6. The van der Waals surface area contributed by atoms with Crippen LogP contribution in [0.5, 0.6) is 0 Å². The van der Waals surface area contributed by atoms with Gasteiger partial charge in [-0.25, -0.2) is 28.4 Å². The molecule has 0 saturated carbocycles. The minimum Gasteiger partial charge on any atom is -0.324 e. The van der Waals surface area contributed by atoms with Crippen molar-refractivity contribution in [1.29, 1.82) is 0 Å². The summed E-state index contributed by atoms with van der Waals surface area (Å²) < 4.78 is 27.4. The highest BCUT2D eigenvalue weighted by Crippen LogP contribution is 2.25. The molecule has 0 spiro atoms. The first kappa shape index (κ1) is 19.5. The van der Waals surface area contributed by atoms with E-state index in [2.05, 4.69) is 30.6 Å². The highest BCUT2D eigenvalue weighted by atomic mass is 19.3. The number of rotatable bonds is 6. The van der Waals surface area contributed by atoms with Crippen LogP contribution in [0.2, 0.25) is 0 Å².